The van der Waals surface area contributed by atoms with Gasteiger partial charge in [0, 0.05) is 7.05 Å². The molecule has 2 heterocycles. The van der Waals surface area contributed by atoms with Gasteiger partial charge in [-0.15, -0.1) is 0 Å². The molecule has 1 saturated heterocycles. The van der Waals surface area contributed by atoms with Crippen LogP contribution in [-0.4, -0.2) is 46.8 Å². The molecule has 2 fully saturated rings. The molecule has 0 aromatic carbocycles. The smallest absolute Gasteiger partial charge is 0.325 e. The average molecular weight is 361 g/mol. The van der Waals surface area contributed by atoms with Crippen LogP contribution in [0.25, 0.3) is 0 Å². The third-order valence-corrected chi connectivity index (χ3v) is 5.32. The molecular weight excluding hydrogens is 334 g/mol. The fraction of sp³-hybridized carbons (Fsp3) is 0.632. The minimum absolute atomic E-state index is 0.0310. The third kappa shape index (κ3) is 3.48. The SMILES string of the molecule is C[C@H]1CC(C)(C)C[C@@]2(C1)NC(=O)N(CC(=O)N(C)Cc1ccco1)C2=O. The van der Waals surface area contributed by atoms with Crippen molar-refractivity contribution in [1.82, 2.24) is 15.1 Å². The Kier molecular flexibility index (Phi) is 4.58. The van der Waals surface area contributed by atoms with E-state index in [4.69, 9.17) is 4.42 Å². The molecule has 1 N–H and O–H groups in total. The summed E-state index contributed by atoms with van der Waals surface area (Å²) in [7, 11) is 1.63. The number of imide groups is 1. The summed E-state index contributed by atoms with van der Waals surface area (Å²) in [5.41, 5.74) is -0.908. The Morgan fingerprint density at radius 2 is 2.12 bits per heavy atom. The topological polar surface area (TPSA) is 82.9 Å². The van der Waals surface area contributed by atoms with Gasteiger partial charge in [0.25, 0.3) is 5.91 Å². The van der Waals surface area contributed by atoms with Crippen molar-refractivity contribution in [2.45, 2.75) is 52.1 Å². The van der Waals surface area contributed by atoms with Gasteiger partial charge in [-0.1, -0.05) is 20.8 Å². The third-order valence-electron chi connectivity index (χ3n) is 5.32. The highest BCUT2D eigenvalue weighted by Gasteiger charge is 2.56. The standard InChI is InChI=1S/C19H27N3O4/c1-13-8-18(2,3)12-19(9-13)16(24)22(17(25)20-19)11-15(23)21(4)10-14-6-5-7-26-14/h5-7,13H,8-12H2,1-4H3,(H,20,25)/t13-,19+/m0/s1. The molecule has 7 nitrogen and oxygen atoms in total. The summed E-state index contributed by atoms with van der Waals surface area (Å²) >= 11 is 0. The second-order valence-electron chi connectivity index (χ2n) is 8.59. The van der Waals surface area contributed by atoms with Crippen LogP contribution in [0.4, 0.5) is 4.79 Å². The minimum Gasteiger partial charge on any atom is -0.467 e. The molecule has 1 aliphatic heterocycles. The Bertz CT molecular complexity index is 712. The van der Waals surface area contributed by atoms with Gasteiger partial charge in [0.2, 0.25) is 5.91 Å². The van der Waals surface area contributed by atoms with Crippen LogP contribution in [0, 0.1) is 11.3 Å². The predicted molar refractivity (Wildman–Crippen MR) is 95.0 cm³/mol. The number of carbonyl (C=O) groups excluding carboxylic acids is 3. The molecule has 1 aromatic rings. The highest BCUT2D eigenvalue weighted by molar-refractivity contribution is 6.09. The van der Waals surface area contributed by atoms with Gasteiger partial charge in [-0.25, -0.2) is 4.79 Å². The molecule has 1 spiro atoms. The summed E-state index contributed by atoms with van der Waals surface area (Å²) < 4.78 is 5.24. The van der Waals surface area contributed by atoms with Gasteiger partial charge in [0.15, 0.2) is 0 Å². The van der Waals surface area contributed by atoms with E-state index in [-0.39, 0.29) is 23.8 Å². The van der Waals surface area contributed by atoms with E-state index in [0.29, 0.717) is 31.1 Å². The number of urea groups is 1. The van der Waals surface area contributed by atoms with Gasteiger partial charge >= 0.3 is 6.03 Å². The van der Waals surface area contributed by atoms with E-state index >= 15 is 0 Å². The van der Waals surface area contributed by atoms with E-state index in [0.717, 1.165) is 11.3 Å². The summed E-state index contributed by atoms with van der Waals surface area (Å²) in [4.78, 5) is 40.5. The highest BCUT2D eigenvalue weighted by atomic mass is 16.3. The molecule has 2 aliphatic rings. The van der Waals surface area contributed by atoms with Crippen LogP contribution in [0.15, 0.2) is 22.8 Å². The van der Waals surface area contributed by atoms with Gasteiger partial charge in [0.1, 0.15) is 17.8 Å². The molecule has 2 atom stereocenters. The Morgan fingerprint density at radius 3 is 2.73 bits per heavy atom. The first kappa shape index (κ1) is 18.5. The number of nitrogens with one attached hydrogen (secondary N) is 1. The Hall–Kier alpha value is -2.31. The summed E-state index contributed by atoms with van der Waals surface area (Å²) in [6.45, 7) is 6.39. The van der Waals surface area contributed by atoms with Crippen LogP contribution in [0.2, 0.25) is 0 Å². The van der Waals surface area contributed by atoms with Gasteiger partial charge in [0.05, 0.1) is 12.8 Å². The number of rotatable bonds is 4. The van der Waals surface area contributed by atoms with Gasteiger partial charge in [-0.05, 0) is 42.7 Å². The zero-order chi connectivity index (χ0) is 19.1. The Balaban J connectivity index is 1.70. The van der Waals surface area contributed by atoms with E-state index in [1.165, 1.54) is 4.90 Å². The van der Waals surface area contributed by atoms with Crippen molar-refractivity contribution in [1.29, 1.82) is 0 Å². The monoisotopic (exact) mass is 361 g/mol. The lowest BCUT2D eigenvalue weighted by atomic mass is 9.64. The number of carbonyl (C=O) groups is 3. The largest absolute Gasteiger partial charge is 0.467 e. The van der Waals surface area contributed by atoms with E-state index in [9.17, 15) is 14.4 Å². The fourth-order valence-corrected chi connectivity index (χ4v) is 4.63. The number of nitrogens with zero attached hydrogens (tertiary/aromatic N) is 2. The molecule has 1 aliphatic carbocycles. The summed E-state index contributed by atoms with van der Waals surface area (Å²) in [6, 6.07) is 3.05. The van der Waals surface area contributed by atoms with Crippen LogP contribution < -0.4 is 5.32 Å². The normalized spacial score (nSPS) is 27.7. The first-order valence-electron chi connectivity index (χ1n) is 9.02. The molecule has 1 aromatic heterocycles. The second-order valence-corrected chi connectivity index (χ2v) is 8.59. The summed E-state index contributed by atoms with van der Waals surface area (Å²) in [5, 5.41) is 2.89. The molecule has 0 bridgehead atoms. The van der Waals surface area contributed by atoms with Crippen LogP contribution >= 0.6 is 0 Å². The Morgan fingerprint density at radius 1 is 1.38 bits per heavy atom. The lowest BCUT2D eigenvalue weighted by molar-refractivity contribution is -0.140. The first-order chi connectivity index (χ1) is 12.1. The van der Waals surface area contributed by atoms with Crippen LogP contribution in [0.3, 0.4) is 0 Å². The van der Waals surface area contributed by atoms with Gasteiger partial charge < -0.3 is 14.6 Å². The Labute approximate surface area is 153 Å². The zero-order valence-electron chi connectivity index (χ0n) is 15.9. The average Bonchev–Trinajstić information content (AvgIpc) is 3.08. The van der Waals surface area contributed by atoms with Crippen molar-refractivity contribution in [2.75, 3.05) is 13.6 Å². The molecule has 1 saturated carbocycles. The van der Waals surface area contributed by atoms with Crippen molar-refractivity contribution in [3.8, 4) is 0 Å². The maximum Gasteiger partial charge on any atom is 0.325 e. The lowest BCUT2D eigenvalue weighted by Crippen LogP contribution is -2.54. The summed E-state index contributed by atoms with van der Waals surface area (Å²) in [5.74, 6) is 0.407. The van der Waals surface area contributed by atoms with Crippen molar-refractivity contribution in [3.05, 3.63) is 24.2 Å². The minimum atomic E-state index is -0.877. The fourth-order valence-electron chi connectivity index (χ4n) is 4.63. The number of furan rings is 1. The van der Waals surface area contributed by atoms with E-state index < -0.39 is 11.6 Å². The molecule has 3 rings (SSSR count). The molecule has 4 amide bonds. The van der Waals surface area contributed by atoms with Crippen molar-refractivity contribution < 1.29 is 18.8 Å². The van der Waals surface area contributed by atoms with Crippen molar-refractivity contribution >= 4 is 17.8 Å². The van der Waals surface area contributed by atoms with Gasteiger partial charge in [-0.3, -0.25) is 14.5 Å². The van der Waals surface area contributed by atoms with Crippen molar-refractivity contribution in [2.24, 2.45) is 11.3 Å². The molecular formula is C19H27N3O4. The second kappa shape index (κ2) is 6.45. The van der Waals surface area contributed by atoms with E-state index in [2.05, 4.69) is 26.1 Å². The van der Waals surface area contributed by atoms with Crippen LogP contribution in [0.1, 0.15) is 45.8 Å². The maximum atomic E-state index is 13.1. The first-order valence-corrected chi connectivity index (χ1v) is 9.02. The van der Waals surface area contributed by atoms with E-state index in [1.54, 1.807) is 25.4 Å². The molecule has 26 heavy (non-hydrogen) atoms. The van der Waals surface area contributed by atoms with E-state index in [1.807, 2.05) is 0 Å². The number of hydrogen-bond acceptors (Lipinski definition) is 4. The molecule has 7 heteroatoms. The van der Waals surface area contributed by atoms with Crippen molar-refractivity contribution in [3.63, 3.8) is 0 Å². The predicted octanol–water partition coefficient (Wildman–Crippen LogP) is 2.37. The quantitative estimate of drug-likeness (QED) is 0.835. The lowest BCUT2D eigenvalue weighted by Gasteiger charge is -2.43. The van der Waals surface area contributed by atoms with Gasteiger partial charge in [-0.2, -0.15) is 0 Å². The number of amides is 4. The molecule has 0 radical (unpaired) electrons. The highest BCUT2D eigenvalue weighted by Crippen LogP contribution is 2.46. The molecule has 142 valence electrons. The zero-order valence-corrected chi connectivity index (χ0v) is 15.9. The summed E-state index contributed by atoms with van der Waals surface area (Å²) in [6.07, 6.45) is 3.78. The maximum absolute atomic E-state index is 13.1. The number of likely N-dealkylation sites (N-methyl/N-ethyl adjacent to an activating group) is 1. The molecule has 0 unspecified atom stereocenters. The van der Waals surface area contributed by atoms with Crippen LogP contribution in [-0.2, 0) is 16.1 Å². The van der Waals surface area contributed by atoms with Crippen LogP contribution in [0.5, 0.6) is 0 Å². The number of hydrogen-bond donors (Lipinski definition) is 1.